The number of hydrogen-bond acceptors (Lipinski definition) is 5. The number of carbonyl (C=O) groups is 1. The summed E-state index contributed by atoms with van der Waals surface area (Å²) in [5.74, 6) is 0.230. The van der Waals surface area contributed by atoms with Gasteiger partial charge in [-0.05, 0) is 52.7 Å². The van der Waals surface area contributed by atoms with Crippen molar-refractivity contribution in [1.29, 1.82) is 0 Å². The first-order valence-corrected chi connectivity index (χ1v) is 9.71. The van der Waals surface area contributed by atoms with Crippen molar-refractivity contribution in [3.63, 3.8) is 0 Å². The SMILES string of the molecule is CCOc1cc2ncc(CCOC=O)c(Nc3cc(Cl)ccc3F)c2cc1Br. The number of carbonyl (C=O) groups excluding carboxylic acids is 1. The number of nitrogens with zero attached hydrogens (tertiary/aromatic N) is 1. The molecule has 0 aliphatic rings. The molecule has 0 spiro atoms. The molecule has 3 rings (SSSR count). The maximum atomic E-state index is 14.3. The number of benzene rings is 2. The Hall–Kier alpha value is -2.38. The lowest BCUT2D eigenvalue weighted by atomic mass is 10.1. The molecule has 0 fully saturated rings. The lowest BCUT2D eigenvalue weighted by Crippen LogP contribution is -2.04. The molecule has 8 heteroatoms. The van der Waals surface area contributed by atoms with Crippen LogP contribution in [0.4, 0.5) is 15.8 Å². The van der Waals surface area contributed by atoms with Crippen molar-refractivity contribution in [2.75, 3.05) is 18.5 Å². The molecule has 0 amide bonds. The highest BCUT2D eigenvalue weighted by Crippen LogP contribution is 2.37. The van der Waals surface area contributed by atoms with E-state index >= 15 is 0 Å². The van der Waals surface area contributed by atoms with Gasteiger partial charge in [-0.3, -0.25) is 9.78 Å². The molecule has 0 radical (unpaired) electrons. The maximum Gasteiger partial charge on any atom is 0.293 e. The monoisotopic (exact) mass is 466 g/mol. The summed E-state index contributed by atoms with van der Waals surface area (Å²) in [5.41, 5.74) is 2.34. The van der Waals surface area contributed by atoms with Crippen molar-refractivity contribution in [1.82, 2.24) is 4.98 Å². The van der Waals surface area contributed by atoms with E-state index in [0.717, 1.165) is 15.4 Å². The van der Waals surface area contributed by atoms with Crippen LogP contribution in [0.5, 0.6) is 5.75 Å². The molecule has 0 aliphatic carbocycles. The Morgan fingerprint density at radius 1 is 1.32 bits per heavy atom. The van der Waals surface area contributed by atoms with Crippen molar-refractivity contribution in [3.05, 3.63) is 57.4 Å². The fourth-order valence-corrected chi connectivity index (χ4v) is 3.41. The van der Waals surface area contributed by atoms with Gasteiger partial charge in [0.2, 0.25) is 0 Å². The number of halogens is 3. The average Bonchev–Trinajstić information content (AvgIpc) is 2.67. The fraction of sp³-hybridized carbons (Fsp3) is 0.200. The summed E-state index contributed by atoms with van der Waals surface area (Å²) in [6.45, 7) is 2.99. The Balaban J connectivity index is 2.13. The molecule has 0 bridgehead atoms. The standard InChI is InChI=1S/C20H17BrClFN2O3/c1-2-28-19-9-17-14(8-15(19)21)20(12(10-24-17)5-6-27-11-26)25-18-7-13(22)3-4-16(18)23/h3-4,7-11H,2,5-6H2,1H3,(H,24,25). The molecular weight excluding hydrogens is 451 g/mol. The quantitative estimate of drug-likeness (QED) is 0.343. The van der Waals surface area contributed by atoms with Gasteiger partial charge in [0.05, 0.1) is 34.6 Å². The number of aromatic nitrogens is 1. The number of fused-ring (bicyclic) bond motifs is 1. The molecular formula is C20H17BrClFN2O3. The van der Waals surface area contributed by atoms with Crippen LogP contribution >= 0.6 is 27.5 Å². The van der Waals surface area contributed by atoms with Crippen LogP contribution in [0.2, 0.25) is 5.02 Å². The number of anilines is 2. The Kier molecular flexibility index (Phi) is 6.70. The van der Waals surface area contributed by atoms with Crippen molar-refractivity contribution >= 4 is 56.3 Å². The van der Waals surface area contributed by atoms with E-state index < -0.39 is 5.82 Å². The van der Waals surface area contributed by atoms with Crippen molar-refractivity contribution in [2.45, 2.75) is 13.3 Å². The smallest absolute Gasteiger partial charge is 0.293 e. The van der Waals surface area contributed by atoms with Crippen molar-refractivity contribution in [2.24, 2.45) is 0 Å². The number of rotatable bonds is 8. The first-order chi connectivity index (χ1) is 13.5. The zero-order chi connectivity index (χ0) is 20.1. The van der Waals surface area contributed by atoms with Gasteiger partial charge in [0, 0.05) is 29.1 Å². The van der Waals surface area contributed by atoms with Gasteiger partial charge in [-0.25, -0.2) is 4.39 Å². The number of nitrogens with one attached hydrogen (secondary N) is 1. The van der Waals surface area contributed by atoms with Gasteiger partial charge in [-0.1, -0.05) is 11.6 Å². The minimum atomic E-state index is -0.436. The molecule has 5 nitrogen and oxygen atoms in total. The Morgan fingerprint density at radius 2 is 2.14 bits per heavy atom. The van der Waals surface area contributed by atoms with Gasteiger partial charge in [0.1, 0.15) is 11.6 Å². The summed E-state index contributed by atoms with van der Waals surface area (Å²) in [5, 5.41) is 4.30. The molecule has 146 valence electrons. The zero-order valence-electron chi connectivity index (χ0n) is 15.0. The van der Waals surface area contributed by atoms with Gasteiger partial charge in [-0.2, -0.15) is 0 Å². The number of pyridine rings is 1. The molecule has 0 saturated carbocycles. The second-order valence-corrected chi connectivity index (χ2v) is 7.15. The van der Waals surface area contributed by atoms with Crippen LogP contribution in [-0.2, 0) is 16.0 Å². The minimum absolute atomic E-state index is 0.182. The topological polar surface area (TPSA) is 60.5 Å². The summed E-state index contributed by atoms with van der Waals surface area (Å²) in [4.78, 5) is 15.0. The lowest BCUT2D eigenvalue weighted by Gasteiger charge is -2.17. The summed E-state index contributed by atoms with van der Waals surface area (Å²) < 4.78 is 25.5. The van der Waals surface area contributed by atoms with Crippen LogP contribution < -0.4 is 10.1 Å². The second kappa shape index (κ2) is 9.21. The van der Waals surface area contributed by atoms with E-state index in [1.165, 1.54) is 18.2 Å². The summed E-state index contributed by atoms with van der Waals surface area (Å²) >= 11 is 9.53. The van der Waals surface area contributed by atoms with Gasteiger partial charge in [0.25, 0.3) is 6.47 Å². The molecule has 1 N–H and O–H groups in total. The van der Waals surface area contributed by atoms with Crippen LogP contribution in [-0.4, -0.2) is 24.7 Å². The normalized spacial score (nSPS) is 10.7. The second-order valence-electron chi connectivity index (χ2n) is 5.86. The third-order valence-electron chi connectivity index (χ3n) is 4.05. The molecule has 0 aliphatic heterocycles. The summed E-state index contributed by atoms with van der Waals surface area (Å²) in [6, 6.07) is 7.97. The fourth-order valence-electron chi connectivity index (χ4n) is 2.78. The highest BCUT2D eigenvalue weighted by molar-refractivity contribution is 9.10. The van der Waals surface area contributed by atoms with Crippen LogP contribution in [0.25, 0.3) is 10.9 Å². The lowest BCUT2D eigenvalue weighted by molar-refractivity contribution is -0.128. The number of hydrogen-bond donors (Lipinski definition) is 1. The minimum Gasteiger partial charge on any atom is -0.493 e. The molecule has 28 heavy (non-hydrogen) atoms. The summed E-state index contributed by atoms with van der Waals surface area (Å²) in [6.07, 6.45) is 2.09. The van der Waals surface area contributed by atoms with Gasteiger partial charge >= 0.3 is 0 Å². The van der Waals surface area contributed by atoms with E-state index in [1.54, 1.807) is 6.20 Å². The van der Waals surface area contributed by atoms with E-state index in [0.29, 0.717) is 41.5 Å². The molecule has 1 aromatic heterocycles. The Morgan fingerprint density at radius 3 is 2.89 bits per heavy atom. The van der Waals surface area contributed by atoms with Crippen molar-refractivity contribution in [3.8, 4) is 5.75 Å². The van der Waals surface area contributed by atoms with Crippen LogP contribution in [0, 0.1) is 5.82 Å². The third kappa shape index (κ3) is 4.54. The number of ether oxygens (including phenoxy) is 2. The zero-order valence-corrected chi connectivity index (χ0v) is 17.3. The highest BCUT2D eigenvalue weighted by atomic mass is 79.9. The maximum absolute atomic E-state index is 14.3. The van der Waals surface area contributed by atoms with Gasteiger partial charge in [0.15, 0.2) is 0 Å². The van der Waals surface area contributed by atoms with Gasteiger partial charge in [-0.15, -0.1) is 0 Å². The van der Waals surface area contributed by atoms with E-state index in [1.807, 2.05) is 19.1 Å². The molecule has 0 unspecified atom stereocenters. The van der Waals surface area contributed by atoms with E-state index in [2.05, 4.69) is 26.2 Å². The largest absolute Gasteiger partial charge is 0.493 e. The third-order valence-corrected chi connectivity index (χ3v) is 4.90. The molecule has 2 aromatic carbocycles. The Labute approximate surface area is 174 Å². The first-order valence-electron chi connectivity index (χ1n) is 8.54. The predicted molar refractivity (Wildman–Crippen MR) is 111 cm³/mol. The highest BCUT2D eigenvalue weighted by Gasteiger charge is 2.15. The van der Waals surface area contributed by atoms with Crippen molar-refractivity contribution < 1.29 is 18.7 Å². The summed E-state index contributed by atoms with van der Waals surface area (Å²) in [7, 11) is 0. The molecule has 1 heterocycles. The first kappa shape index (κ1) is 20.4. The van der Waals surface area contributed by atoms with Gasteiger partial charge < -0.3 is 14.8 Å². The molecule has 0 saturated heterocycles. The Bertz CT molecular complexity index is 1020. The van der Waals surface area contributed by atoms with E-state index in [9.17, 15) is 9.18 Å². The predicted octanol–water partition coefficient (Wildman–Crippen LogP) is 5.65. The van der Waals surface area contributed by atoms with E-state index in [-0.39, 0.29) is 12.3 Å². The van der Waals surface area contributed by atoms with Crippen LogP contribution in [0.1, 0.15) is 12.5 Å². The average molecular weight is 468 g/mol. The molecule has 3 aromatic rings. The molecule has 0 atom stereocenters. The van der Waals surface area contributed by atoms with Crippen LogP contribution in [0.15, 0.2) is 41.0 Å². The van der Waals surface area contributed by atoms with E-state index in [4.69, 9.17) is 21.1 Å². The van der Waals surface area contributed by atoms with Crippen LogP contribution in [0.3, 0.4) is 0 Å².